The summed E-state index contributed by atoms with van der Waals surface area (Å²) in [5.41, 5.74) is 4.04. The van der Waals surface area contributed by atoms with Gasteiger partial charge in [-0.05, 0) is 81.9 Å². The van der Waals surface area contributed by atoms with E-state index in [-0.39, 0.29) is 5.91 Å². The smallest absolute Gasteiger partial charge is 0.225 e. The topological polar surface area (TPSA) is 58.1 Å². The number of pyridine rings is 1. The van der Waals surface area contributed by atoms with Crippen LogP contribution >= 0.6 is 11.3 Å². The Morgan fingerprint density at radius 2 is 1.97 bits per heavy atom. The monoisotopic (exact) mass is 468 g/mol. The number of carbonyl (C=O) groups is 1. The lowest BCUT2D eigenvalue weighted by Crippen LogP contribution is -2.38. The summed E-state index contributed by atoms with van der Waals surface area (Å²) in [6.45, 7) is 9.99. The lowest BCUT2D eigenvalue weighted by molar-refractivity contribution is -0.121. The maximum absolute atomic E-state index is 12.4. The van der Waals surface area contributed by atoms with Gasteiger partial charge >= 0.3 is 0 Å². The number of rotatable bonds is 8. The van der Waals surface area contributed by atoms with Crippen LogP contribution in [0, 0.1) is 18.8 Å². The minimum Gasteiger partial charge on any atom is -0.353 e. The van der Waals surface area contributed by atoms with E-state index in [9.17, 15) is 4.79 Å². The van der Waals surface area contributed by atoms with Crippen LogP contribution in [0.5, 0.6) is 0 Å². The SMILES string of the molecule is Cc1ncc(CC(=O)N[C@H]2CC[C@H](CCN3CCc4ccc(CC(C)C)nc4CC3)CC2)s1. The lowest BCUT2D eigenvalue weighted by atomic mass is 9.84. The Morgan fingerprint density at radius 1 is 1.18 bits per heavy atom. The van der Waals surface area contributed by atoms with E-state index < -0.39 is 0 Å². The molecule has 2 aromatic heterocycles. The lowest BCUT2D eigenvalue weighted by Gasteiger charge is -2.30. The molecule has 2 aromatic rings. The van der Waals surface area contributed by atoms with Crippen LogP contribution in [-0.2, 0) is 30.5 Å². The van der Waals surface area contributed by atoms with E-state index in [1.807, 2.05) is 13.1 Å². The molecule has 33 heavy (non-hydrogen) atoms. The Morgan fingerprint density at radius 3 is 2.70 bits per heavy atom. The fourth-order valence-corrected chi connectivity index (χ4v) is 6.11. The molecule has 1 fully saturated rings. The highest BCUT2D eigenvalue weighted by atomic mass is 32.1. The van der Waals surface area contributed by atoms with E-state index >= 15 is 0 Å². The quantitative estimate of drug-likeness (QED) is 0.607. The fraction of sp³-hybridized carbons (Fsp3) is 0.667. The molecule has 0 spiro atoms. The highest BCUT2D eigenvalue weighted by Crippen LogP contribution is 2.28. The van der Waals surface area contributed by atoms with E-state index in [1.165, 1.54) is 42.8 Å². The third kappa shape index (κ3) is 7.35. The first-order chi connectivity index (χ1) is 15.9. The number of aryl methyl sites for hydroxylation is 1. The van der Waals surface area contributed by atoms with Gasteiger partial charge in [-0.1, -0.05) is 19.9 Å². The molecule has 1 aliphatic heterocycles. The molecule has 3 heterocycles. The van der Waals surface area contributed by atoms with Crippen molar-refractivity contribution in [2.45, 2.75) is 84.6 Å². The number of nitrogens with one attached hydrogen (secondary N) is 1. The molecule has 5 nitrogen and oxygen atoms in total. The zero-order chi connectivity index (χ0) is 23.2. The Balaban J connectivity index is 1.16. The van der Waals surface area contributed by atoms with Crippen LogP contribution in [0.1, 0.15) is 72.8 Å². The maximum Gasteiger partial charge on any atom is 0.225 e. The van der Waals surface area contributed by atoms with Gasteiger partial charge in [-0.3, -0.25) is 9.78 Å². The predicted octanol–water partition coefficient (Wildman–Crippen LogP) is 4.75. The number of aromatic nitrogens is 2. The van der Waals surface area contributed by atoms with Gasteiger partial charge in [0.2, 0.25) is 5.91 Å². The van der Waals surface area contributed by atoms with Crippen molar-refractivity contribution in [3.05, 3.63) is 45.2 Å². The number of thiazole rings is 1. The molecule has 1 N–H and O–H groups in total. The van der Waals surface area contributed by atoms with Crippen LogP contribution in [0.4, 0.5) is 0 Å². The number of hydrogen-bond donors (Lipinski definition) is 1. The molecule has 1 saturated carbocycles. The van der Waals surface area contributed by atoms with Crippen LogP contribution < -0.4 is 5.32 Å². The Bertz CT molecular complexity index is 917. The molecule has 6 heteroatoms. The summed E-state index contributed by atoms with van der Waals surface area (Å²) in [5.74, 6) is 1.60. The summed E-state index contributed by atoms with van der Waals surface area (Å²) in [6, 6.07) is 4.92. The first-order valence-electron chi connectivity index (χ1n) is 12.9. The molecule has 1 amide bonds. The van der Waals surface area contributed by atoms with E-state index in [1.54, 1.807) is 11.3 Å². The Kier molecular flexibility index (Phi) is 8.53. The second-order valence-corrected chi connectivity index (χ2v) is 11.8. The van der Waals surface area contributed by atoms with Crippen LogP contribution in [-0.4, -0.2) is 46.5 Å². The van der Waals surface area contributed by atoms with Gasteiger partial charge in [0.25, 0.3) is 0 Å². The third-order valence-corrected chi connectivity index (χ3v) is 8.09. The Hall–Kier alpha value is -1.79. The average Bonchev–Trinajstić information content (AvgIpc) is 3.07. The van der Waals surface area contributed by atoms with Gasteiger partial charge in [0.15, 0.2) is 0 Å². The molecule has 0 aromatic carbocycles. The summed E-state index contributed by atoms with van der Waals surface area (Å²) in [7, 11) is 0. The average molecular weight is 469 g/mol. The van der Waals surface area contributed by atoms with Crippen LogP contribution in [0.25, 0.3) is 0 Å². The highest BCUT2D eigenvalue weighted by molar-refractivity contribution is 7.11. The molecule has 0 radical (unpaired) electrons. The first kappa shape index (κ1) is 24.3. The molecule has 180 valence electrons. The first-order valence-corrected chi connectivity index (χ1v) is 13.7. The van der Waals surface area contributed by atoms with Gasteiger partial charge in [0.05, 0.1) is 11.4 Å². The van der Waals surface area contributed by atoms with Gasteiger partial charge in [0, 0.05) is 48.0 Å². The van der Waals surface area contributed by atoms with Crippen molar-refractivity contribution in [3.63, 3.8) is 0 Å². The van der Waals surface area contributed by atoms with Gasteiger partial charge in [0.1, 0.15) is 0 Å². The number of carbonyl (C=O) groups excluding carboxylic acids is 1. The van der Waals surface area contributed by atoms with Crippen molar-refractivity contribution in [2.75, 3.05) is 19.6 Å². The summed E-state index contributed by atoms with van der Waals surface area (Å²) in [6.07, 6.45) is 11.6. The molecule has 4 rings (SSSR count). The molecule has 0 saturated heterocycles. The summed E-state index contributed by atoms with van der Waals surface area (Å²) in [5, 5.41) is 4.29. The minimum atomic E-state index is 0.149. The second kappa shape index (κ2) is 11.6. The molecule has 0 atom stereocenters. The minimum absolute atomic E-state index is 0.149. The third-order valence-electron chi connectivity index (χ3n) is 7.18. The number of fused-ring (bicyclic) bond motifs is 1. The van der Waals surface area contributed by atoms with Crippen molar-refractivity contribution in [1.82, 2.24) is 20.2 Å². The molecule has 0 bridgehead atoms. The maximum atomic E-state index is 12.4. The van der Waals surface area contributed by atoms with Gasteiger partial charge < -0.3 is 10.2 Å². The summed E-state index contributed by atoms with van der Waals surface area (Å²) in [4.78, 5) is 25.3. The number of nitrogens with zero attached hydrogens (tertiary/aromatic N) is 3. The van der Waals surface area contributed by atoms with Crippen LogP contribution in [0.3, 0.4) is 0 Å². The predicted molar refractivity (Wildman–Crippen MR) is 136 cm³/mol. The standard InChI is InChI=1S/C27H40N4OS/c1-19(2)16-24-9-6-22-11-14-31(15-12-26(22)29-24)13-10-21-4-7-23(8-5-21)30-27(32)17-25-18-28-20(3)33-25/h6,9,18-19,21,23H,4-5,7-8,10-17H2,1-3H3,(H,30,32)/t21-,23-. The number of hydrogen-bond acceptors (Lipinski definition) is 5. The van der Waals surface area contributed by atoms with Crippen molar-refractivity contribution >= 4 is 17.2 Å². The molecular weight excluding hydrogens is 428 g/mol. The molecule has 0 unspecified atom stereocenters. The summed E-state index contributed by atoms with van der Waals surface area (Å²) < 4.78 is 0. The molecule has 2 aliphatic rings. The van der Waals surface area contributed by atoms with Crippen molar-refractivity contribution < 1.29 is 4.79 Å². The van der Waals surface area contributed by atoms with Gasteiger partial charge in [-0.2, -0.15) is 0 Å². The van der Waals surface area contributed by atoms with Gasteiger partial charge in [-0.25, -0.2) is 4.98 Å². The summed E-state index contributed by atoms with van der Waals surface area (Å²) >= 11 is 1.62. The van der Waals surface area contributed by atoms with E-state index in [2.05, 4.69) is 41.2 Å². The highest BCUT2D eigenvalue weighted by Gasteiger charge is 2.24. The zero-order valence-electron chi connectivity index (χ0n) is 20.6. The van der Waals surface area contributed by atoms with Crippen molar-refractivity contribution in [1.29, 1.82) is 0 Å². The van der Waals surface area contributed by atoms with E-state index in [0.717, 1.165) is 61.0 Å². The van der Waals surface area contributed by atoms with Crippen LogP contribution in [0.2, 0.25) is 0 Å². The normalized spacial score (nSPS) is 21.6. The van der Waals surface area contributed by atoms with Crippen molar-refractivity contribution in [3.8, 4) is 0 Å². The van der Waals surface area contributed by atoms with Gasteiger partial charge in [-0.15, -0.1) is 11.3 Å². The second-order valence-electron chi connectivity index (χ2n) is 10.4. The van der Waals surface area contributed by atoms with E-state index in [0.29, 0.717) is 18.4 Å². The largest absolute Gasteiger partial charge is 0.353 e. The fourth-order valence-electron chi connectivity index (χ4n) is 5.31. The molecular formula is C27H40N4OS. The van der Waals surface area contributed by atoms with Crippen molar-refractivity contribution in [2.24, 2.45) is 11.8 Å². The zero-order valence-corrected chi connectivity index (χ0v) is 21.4. The van der Waals surface area contributed by atoms with E-state index in [4.69, 9.17) is 4.98 Å². The number of amides is 1. The van der Waals surface area contributed by atoms with Crippen LogP contribution in [0.15, 0.2) is 18.3 Å². The Labute approximate surface area is 203 Å². The molecule has 1 aliphatic carbocycles.